The number of nitrogens with zero attached hydrogens (tertiary/aromatic N) is 4. The summed E-state index contributed by atoms with van der Waals surface area (Å²) in [6.07, 6.45) is 0.795. The highest BCUT2D eigenvalue weighted by Gasteiger charge is 2.28. The average molecular weight is 401 g/mol. The van der Waals surface area contributed by atoms with Crippen LogP contribution in [-0.4, -0.2) is 64.1 Å². The van der Waals surface area contributed by atoms with Gasteiger partial charge in [-0.25, -0.2) is 0 Å². The maximum atomic E-state index is 9.63. The molecule has 0 aliphatic carbocycles. The Hall–Kier alpha value is -1.89. The third kappa shape index (κ3) is 5.18. The molecule has 1 N–H and O–H groups in total. The summed E-state index contributed by atoms with van der Waals surface area (Å²) < 4.78 is 7.50. The van der Waals surface area contributed by atoms with E-state index in [-0.39, 0.29) is 6.61 Å². The zero-order valence-electron chi connectivity index (χ0n) is 18.6. The van der Waals surface area contributed by atoms with Gasteiger partial charge in [-0.15, -0.1) is 0 Å². The van der Waals surface area contributed by atoms with Crippen LogP contribution in [0.1, 0.15) is 48.8 Å². The maximum Gasteiger partial charge on any atom is 0.119 e. The number of methoxy groups -OCH3 is 1. The number of hydrogen-bond acceptors (Lipinski definition) is 5. The Bertz CT molecular complexity index is 802. The summed E-state index contributed by atoms with van der Waals surface area (Å²) in [5.41, 5.74) is 5.01. The molecule has 0 radical (unpaired) electrons. The second-order valence-corrected chi connectivity index (χ2v) is 8.41. The number of benzene rings is 1. The standard InChI is InChI=1S/C23H36N4O2/c1-17(2)27-19(4)23(18(3)24-27)16-25-10-11-26(21(15-25)9-12-28)14-20-7-6-8-22(13-20)29-5/h6-8,13,17,21,28H,9-12,14-16H2,1-5H3/t21-/m1/s1. The van der Waals surface area contributed by atoms with E-state index in [4.69, 9.17) is 9.84 Å². The minimum absolute atomic E-state index is 0.219. The van der Waals surface area contributed by atoms with E-state index in [0.717, 1.165) is 50.6 Å². The molecule has 1 saturated heterocycles. The van der Waals surface area contributed by atoms with E-state index in [1.165, 1.54) is 16.8 Å². The molecule has 0 saturated carbocycles. The lowest BCUT2D eigenvalue weighted by Crippen LogP contribution is -2.52. The first kappa shape index (κ1) is 21.8. The Morgan fingerprint density at radius 3 is 2.66 bits per heavy atom. The van der Waals surface area contributed by atoms with Gasteiger partial charge < -0.3 is 9.84 Å². The van der Waals surface area contributed by atoms with Crippen molar-refractivity contribution in [2.24, 2.45) is 0 Å². The molecule has 160 valence electrons. The number of aliphatic hydroxyl groups excluding tert-OH is 1. The van der Waals surface area contributed by atoms with Crippen LogP contribution in [0.25, 0.3) is 0 Å². The second kappa shape index (κ2) is 9.74. The lowest BCUT2D eigenvalue weighted by molar-refractivity contribution is 0.0497. The van der Waals surface area contributed by atoms with E-state index < -0.39 is 0 Å². The fraction of sp³-hybridized carbons (Fsp3) is 0.609. The smallest absolute Gasteiger partial charge is 0.119 e. The number of aryl methyl sites for hydroxylation is 1. The highest BCUT2D eigenvalue weighted by atomic mass is 16.5. The first-order valence-electron chi connectivity index (χ1n) is 10.7. The van der Waals surface area contributed by atoms with Crippen LogP contribution in [0.4, 0.5) is 0 Å². The Labute approximate surface area is 175 Å². The van der Waals surface area contributed by atoms with Crippen LogP contribution in [0, 0.1) is 13.8 Å². The first-order chi connectivity index (χ1) is 13.9. The lowest BCUT2D eigenvalue weighted by atomic mass is 10.1. The highest BCUT2D eigenvalue weighted by molar-refractivity contribution is 5.28. The molecule has 2 aromatic rings. The summed E-state index contributed by atoms with van der Waals surface area (Å²) in [6.45, 7) is 13.7. The number of aromatic nitrogens is 2. The van der Waals surface area contributed by atoms with E-state index in [1.54, 1.807) is 7.11 Å². The molecular formula is C23H36N4O2. The van der Waals surface area contributed by atoms with E-state index >= 15 is 0 Å². The normalized spacial score (nSPS) is 18.5. The van der Waals surface area contributed by atoms with Crippen LogP contribution >= 0.6 is 0 Å². The van der Waals surface area contributed by atoms with Gasteiger partial charge >= 0.3 is 0 Å². The monoisotopic (exact) mass is 400 g/mol. The van der Waals surface area contributed by atoms with Gasteiger partial charge in [-0.2, -0.15) is 5.10 Å². The molecule has 29 heavy (non-hydrogen) atoms. The van der Waals surface area contributed by atoms with Gasteiger partial charge in [0.1, 0.15) is 5.75 Å². The van der Waals surface area contributed by atoms with Crippen molar-refractivity contribution < 1.29 is 9.84 Å². The van der Waals surface area contributed by atoms with Gasteiger partial charge in [0.05, 0.1) is 12.8 Å². The number of ether oxygens (including phenoxy) is 1. The molecule has 1 atom stereocenters. The summed E-state index contributed by atoms with van der Waals surface area (Å²) in [5.74, 6) is 0.896. The summed E-state index contributed by atoms with van der Waals surface area (Å²) in [7, 11) is 1.71. The van der Waals surface area contributed by atoms with Crippen LogP contribution in [0.15, 0.2) is 24.3 Å². The van der Waals surface area contributed by atoms with Gasteiger partial charge in [0.15, 0.2) is 0 Å². The Balaban J connectivity index is 1.68. The van der Waals surface area contributed by atoms with Crippen molar-refractivity contribution in [3.63, 3.8) is 0 Å². The molecule has 1 aliphatic rings. The molecule has 1 aromatic heterocycles. The summed E-state index contributed by atoms with van der Waals surface area (Å²) >= 11 is 0. The predicted octanol–water partition coefficient (Wildman–Crippen LogP) is 3.16. The van der Waals surface area contributed by atoms with Gasteiger partial charge in [0.25, 0.3) is 0 Å². The van der Waals surface area contributed by atoms with Crippen LogP contribution < -0.4 is 4.74 Å². The molecule has 3 rings (SSSR count). The van der Waals surface area contributed by atoms with Crippen molar-refractivity contribution in [1.82, 2.24) is 19.6 Å². The molecule has 1 aromatic carbocycles. The van der Waals surface area contributed by atoms with Gasteiger partial charge in [-0.3, -0.25) is 14.5 Å². The average Bonchev–Trinajstić information content (AvgIpc) is 2.99. The summed E-state index contributed by atoms with van der Waals surface area (Å²) in [5, 5.41) is 14.4. The van der Waals surface area contributed by atoms with Crippen LogP contribution in [0.2, 0.25) is 0 Å². The van der Waals surface area contributed by atoms with Crippen LogP contribution in [0.3, 0.4) is 0 Å². The van der Waals surface area contributed by atoms with Crippen LogP contribution in [-0.2, 0) is 13.1 Å². The van der Waals surface area contributed by atoms with E-state index in [0.29, 0.717) is 12.1 Å². The fourth-order valence-electron chi connectivity index (χ4n) is 4.39. The van der Waals surface area contributed by atoms with Gasteiger partial charge in [-0.05, 0) is 51.8 Å². The third-order valence-electron chi connectivity index (χ3n) is 6.02. The van der Waals surface area contributed by atoms with Gasteiger partial charge in [0, 0.05) is 62.7 Å². The van der Waals surface area contributed by atoms with Crippen molar-refractivity contribution in [2.45, 2.75) is 59.3 Å². The Morgan fingerprint density at radius 1 is 1.21 bits per heavy atom. The van der Waals surface area contributed by atoms with E-state index in [9.17, 15) is 5.11 Å². The molecule has 1 aliphatic heterocycles. The number of rotatable bonds is 8. The Morgan fingerprint density at radius 2 is 2.00 bits per heavy atom. The SMILES string of the molecule is COc1cccc(CN2CCN(Cc3c(C)nn(C(C)C)c3C)C[C@H]2CCO)c1. The van der Waals surface area contributed by atoms with Crippen molar-refractivity contribution in [3.05, 3.63) is 46.8 Å². The number of aliphatic hydroxyl groups is 1. The molecule has 1 fully saturated rings. The third-order valence-corrected chi connectivity index (χ3v) is 6.02. The zero-order chi connectivity index (χ0) is 21.0. The zero-order valence-corrected chi connectivity index (χ0v) is 18.6. The molecule has 2 heterocycles. The van der Waals surface area contributed by atoms with Crippen molar-refractivity contribution in [2.75, 3.05) is 33.4 Å². The van der Waals surface area contributed by atoms with Gasteiger partial charge in [0.2, 0.25) is 0 Å². The lowest BCUT2D eigenvalue weighted by Gasteiger charge is -2.41. The summed E-state index contributed by atoms with van der Waals surface area (Å²) in [4.78, 5) is 5.02. The molecule has 0 unspecified atom stereocenters. The first-order valence-corrected chi connectivity index (χ1v) is 10.7. The van der Waals surface area contributed by atoms with E-state index in [2.05, 4.69) is 54.3 Å². The second-order valence-electron chi connectivity index (χ2n) is 8.41. The molecule has 6 heteroatoms. The topological polar surface area (TPSA) is 53.8 Å². The highest BCUT2D eigenvalue weighted by Crippen LogP contribution is 2.23. The largest absolute Gasteiger partial charge is 0.497 e. The van der Waals surface area contributed by atoms with E-state index in [1.807, 2.05) is 12.1 Å². The maximum absolute atomic E-state index is 9.63. The predicted molar refractivity (Wildman–Crippen MR) is 116 cm³/mol. The molecule has 0 spiro atoms. The molecule has 0 amide bonds. The van der Waals surface area contributed by atoms with Crippen molar-refractivity contribution in [3.8, 4) is 5.75 Å². The molecule has 6 nitrogen and oxygen atoms in total. The summed E-state index contributed by atoms with van der Waals surface area (Å²) in [6, 6.07) is 9.01. The van der Waals surface area contributed by atoms with Crippen LogP contribution in [0.5, 0.6) is 5.75 Å². The Kier molecular flexibility index (Phi) is 7.33. The van der Waals surface area contributed by atoms with Crippen molar-refractivity contribution >= 4 is 0 Å². The molecular weight excluding hydrogens is 364 g/mol. The quantitative estimate of drug-likeness (QED) is 0.738. The fourth-order valence-corrected chi connectivity index (χ4v) is 4.39. The minimum atomic E-state index is 0.219. The van der Waals surface area contributed by atoms with Crippen molar-refractivity contribution in [1.29, 1.82) is 0 Å². The number of piperazine rings is 1. The molecule has 0 bridgehead atoms. The van der Waals surface area contributed by atoms with Gasteiger partial charge in [-0.1, -0.05) is 12.1 Å². The number of hydrogen-bond donors (Lipinski definition) is 1. The minimum Gasteiger partial charge on any atom is -0.497 e.